The Morgan fingerprint density at radius 1 is 1.14 bits per heavy atom. The first-order valence-corrected chi connectivity index (χ1v) is 9.46. The second-order valence-corrected chi connectivity index (χ2v) is 6.95. The van der Waals surface area contributed by atoms with Crippen LogP contribution in [0.2, 0.25) is 0 Å². The van der Waals surface area contributed by atoms with Gasteiger partial charge in [0.15, 0.2) is 0 Å². The number of non-ortho nitro benzene ring substituents is 1. The Morgan fingerprint density at radius 3 is 2.54 bits per heavy atom. The van der Waals surface area contributed by atoms with Gasteiger partial charge in [-0.1, -0.05) is 18.2 Å². The first-order chi connectivity index (χ1) is 13.5. The lowest BCUT2D eigenvalue weighted by molar-refractivity contribution is -0.384. The molecule has 1 heterocycles. The van der Waals surface area contributed by atoms with Crippen molar-refractivity contribution in [2.75, 3.05) is 5.75 Å². The molecule has 1 N–H and O–H groups in total. The van der Waals surface area contributed by atoms with E-state index >= 15 is 0 Å². The fourth-order valence-corrected chi connectivity index (χ4v) is 3.30. The van der Waals surface area contributed by atoms with Gasteiger partial charge in [0.25, 0.3) is 5.69 Å². The number of benzene rings is 2. The minimum Gasteiger partial charge on any atom is -0.313 e. The van der Waals surface area contributed by atoms with Gasteiger partial charge in [-0.3, -0.25) is 14.9 Å². The molecule has 0 saturated heterocycles. The summed E-state index contributed by atoms with van der Waals surface area (Å²) in [4.78, 5) is 22.9. The smallest absolute Gasteiger partial charge is 0.269 e. The predicted octanol–water partition coefficient (Wildman–Crippen LogP) is 3.94. The van der Waals surface area contributed by atoms with Gasteiger partial charge in [-0.05, 0) is 43.3 Å². The highest BCUT2D eigenvalue weighted by molar-refractivity contribution is 8.00. The summed E-state index contributed by atoms with van der Waals surface area (Å²) >= 11 is 1.29. The van der Waals surface area contributed by atoms with E-state index in [9.17, 15) is 14.9 Å². The molecule has 2 aromatic carbocycles. The highest BCUT2D eigenvalue weighted by atomic mass is 32.2. The van der Waals surface area contributed by atoms with Crippen molar-refractivity contribution in [3.8, 4) is 5.69 Å². The van der Waals surface area contributed by atoms with E-state index in [1.54, 1.807) is 18.3 Å². The Morgan fingerprint density at radius 2 is 1.86 bits per heavy atom. The van der Waals surface area contributed by atoms with Crippen LogP contribution in [0.5, 0.6) is 0 Å². The quantitative estimate of drug-likeness (QED) is 0.284. The lowest BCUT2D eigenvalue weighted by atomic mass is 10.3. The number of para-hydroxylation sites is 1. The average molecular weight is 394 g/mol. The molecule has 0 fully saturated rings. The van der Waals surface area contributed by atoms with E-state index in [0.717, 1.165) is 22.0 Å². The molecule has 0 radical (unpaired) electrons. The number of carbonyl (C=O) groups excluding carboxylic acids is 1. The fourth-order valence-electron chi connectivity index (χ4n) is 2.60. The second kappa shape index (κ2) is 9.01. The van der Waals surface area contributed by atoms with Gasteiger partial charge in [-0.2, -0.15) is 5.10 Å². The van der Waals surface area contributed by atoms with E-state index in [2.05, 4.69) is 10.5 Å². The average Bonchev–Trinajstić information content (AvgIpc) is 3.07. The third-order valence-corrected chi connectivity index (χ3v) is 4.94. The molecule has 0 aliphatic heterocycles. The van der Waals surface area contributed by atoms with Crippen LogP contribution in [-0.2, 0) is 4.79 Å². The molecule has 28 heavy (non-hydrogen) atoms. The molecule has 0 bridgehead atoms. The highest BCUT2D eigenvalue weighted by Gasteiger charge is 2.07. The summed E-state index contributed by atoms with van der Waals surface area (Å²) in [5, 5.41) is 14.7. The minimum atomic E-state index is -0.455. The zero-order valence-electron chi connectivity index (χ0n) is 15.1. The maximum atomic E-state index is 12.0. The molecule has 0 unspecified atom stereocenters. The van der Waals surface area contributed by atoms with Crippen molar-refractivity contribution in [1.82, 2.24) is 9.99 Å². The standard InChI is InChI=1S/C20H18N4O3S/c1-15-7-8-18(23(15)16-5-3-2-4-6-16)13-21-22-20(25)14-28-19-11-9-17(10-12-19)24(26)27/h2-13H,14H2,1H3,(H,22,25)/b21-13+. The van der Waals surface area contributed by atoms with Crippen LogP contribution in [0.1, 0.15) is 11.4 Å². The highest BCUT2D eigenvalue weighted by Crippen LogP contribution is 2.21. The molecule has 0 saturated carbocycles. The zero-order valence-corrected chi connectivity index (χ0v) is 15.9. The van der Waals surface area contributed by atoms with Gasteiger partial charge < -0.3 is 4.57 Å². The third kappa shape index (κ3) is 4.86. The number of hydrogen-bond acceptors (Lipinski definition) is 5. The van der Waals surface area contributed by atoms with Gasteiger partial charge in [0.05, 0.1) is 22.6 Å². The number of aryl methyl sites for hydroxylation is 1. The van der Waals surface area contributed by atoms with Gasteiger partial charge in [-0.25, -0.2) is 5.43 Å². The zero-order chi connectivity index (χ0) is 19.9. The molecule has 1 amide bonds. The van der Waals surface area contributed by atoms with Gasteiger partial charge in [0.2, 0.25) is 5.91 Å². The summed E-state index contributed by atoms with van der Waals surface area (Å²) < 4.78 is 2.04. The first kappa shape index (κ1) is 19.4. The van der Waals surface area contributed by atoms with E-state index < -0.39 is 4.92 Å². The number of nitro groups is 1. The predicted molar refractivity (Wildman–Crippen MR) is 110 cm³/mol. The molecular weight excluding hydrogens is 376 g/mol. The van der Waals surface area contributed by atoms with Gasteiger partial charge in [-0.15, -0.1) is 11.8 Å². The van der Waals surface area contributed by atoms with Crippen LogP contribution in [-0.4, -0.2) is 27.4 Å². The fraction of sp³-hybridized carbons (Fsp3) is 0.100. The molecule has 8 heteroatoms. The number of nitrogens with zero attached hydrogens (tertiary/aromatic N) is 3. The number of hydrazone groups is 1. The van der Waals surface area contributed by atoms with E-state index in [1.165, 1.54) is 23.9 Å². The van der Waals surface area contributed by atoms with Crippen LogP contribution in [0, 0.1) is 17.0 Å². The van der Waals surface area contributed by atoms with Crippen LogP contribution in [0.15, 0.2) is 76.7 Å². The number of aromatic nitrogens is 1. The van der Waals surface area contributed by atoms with Gasteiger partial charge >= 0.3 is 0 Å². The molecule has 142 valence electrons. The minimum absolute atomic E-state index is 0.0233. The first-order valence-electron chi connectivity index (χ1n) is 8.47. The van der Waals surface area contributed by atoms with Gasteiger partial charge in [0, 0.05) is 28.4 Å². The molecule has 0 atom stereocenters. The monoisotopic (exact) mass is 394 g/mol. The maximum absolute atomic E-state index is 12.0. The Kier molecular flexibility index (Phi) is 6.23. The molecule has 0 spiro atoms. The van der Waals surface area contributed by atoms with E-state index in [0.29, 0.717) is 0 Å². The normalized spacial score (nSPS) is 10.9. The van der Waals surface area contributed by atoms with Crippen molar-refractivity contribution >= 4 is 29.6 Å². The summed E-state index contributed by atoms with van der Waals surface area (Å²) in [6, 6.07) is 19.9. The van der Waals surface area contributed by atoms with Crippen LogP contribution in [0.4, 0.5) is 5.69 Å². The molecule has 7 nitrogen and oxygen atoms in total. The van der Waals surface area contributed by atoms with Crippen molar-refractivity contribution in [1.29, 1.82) is 0 Å². The van der Waals surface area contributed by atoms with Gasteiger partial charge in [0.1, 0.15) is 0 Å². The molecule has 3 rings (SSSR count). The Hall–Kier alpha value is -3.39. The van der Waals surface area contributed by atoms with Crippen molar-refractivity contribution in [2.24, 2.45) is 5.10 Å². The number of rotatable bonds is 7. The Balaban J connectivity index is 1.56. The number of hydrogen-bond donors (Lipinski definition) is 1. The van der Waals surface area contributed by atoms with Crippen molar-refractivity contribution in [3.05, 3.63) is 88.2 Å². The second-order valence-electron chi connectivity index (χ2n) is 5.90. The van der Waals surface area contributed by atoms with E-state index in [-0.39, 0.29) is 17.3 Å². The lowest BCUT2D eigenvalue weighted by Crippen LogP contribution is -2.19. The summed E-state index contributed by atoms with van der Waals surface area (Å²) in [5.41, 5.74) is 5.47. The summed E-state index contributed by atoms with van der Waals surface area (Å²) in [5.74, 6) is -0.0948. The molecule has 0 aliphatic carbocycles. The van der Waals surface area contributed by atoms with Crippen LogP contribution in [0.3, 0.4) is 0 Å². The van der Waals surface area contributed by atoms with E-state index in [4.69, 9.17) is 0 Å². The Bertz CT molecular complexity index is 998. The molecule has 3 aromatic rings. The summed E-state index contributed by atoms with van der Waals surface area (Å²) in [7, 11) is 0. The lowest BCUT2D eigenvalue weighted by Gasteiger charge is -2.08. The number of nitro benzene ring substituents is 1. The number of amides is 1. The largest absolute Gasteiger partial charge is 0.313 e. The number of carbonyl (C=O) groups is 1. The Labute approximate surface area is 166 Å². The van der Waals surface area contributed by atoms with Crippen LogP contribution >= 0.6 is 11.8 Å². The van der Waals surface area contributed by atoms with Crippen molar-refractivity contribution in [3.63, 3.8) is 0 Å². The van der Waals surface area contributed by atoms with Crippen molar-refractivity contribution in [2.45, 2.75) is 11.8 Å². The number of thioether (sulfide) groups is 1. The topological polar surface area (TPSA) is 89.5 Å². The van der Waals surface area contributed by atoms with Crippen LogP contribution < -0.4 is 5.43 Å². The van der Waals surface area contributed by atoms with Crippen molar-refractivity contribution < 1.29 is 9.72 Å². The summed E-state index contributed by atoms with van der Waals surface area (Å²) in [6.07, 6.45) is 1.61. The SMILES string of the molecule is Cc1ccc(/C=N/NC(=O)CSc2ccc([N+](=O)[O-])cc2)n1-c1ccccc1. The summed E-state index contributed by atoms with van der Waals surface area (Å²) in [6.45, 7) is 2.00. The van der Waals surface area contributed by atoms with E-state index in [1.807, 2.05) is 54.0 Å². The van der Waals surface area contributed by atoms with Crippen LogP contribution in [0.25, 0.3) is 5.69 Å². The number of nitrogens with one attached hydrogen (secondary N) is 1. The third-order valence-electron chi connectivity index (χ3n) is 3.92. The maximum Gasteiger partial charge on any atom is 0.269 e. The molecule has 1 aromatic heterocycles. The molecule has 0 aliphatic rings. The molecular formula is C20H18N4O3S.